The third kappa shape index (κ3) is 2.53. The molecule has 0 aliphatic carbocycles. The Bertz CT molecular complexity index is 818. The number of nitrogens with zero attached hydrogens (tertiary/aromatic N) is 1. The fraction of sp³-hybridized carbons (Fsp3) is 0. The molecule has 1 aromatic heterocycles. The zero-order chi connectivity index (χ0) is 14.8. The van der Waals surface area contributed by atoms with E-state index in [1.165, 1.54) is 18.3 Å². The number of carbonyl (C=O) groups excluding carboxylic acids is 1. The van der Waals surface area contributed by atoms with E-state index in [-0.39, 0.29) is 11.4 Å². The van der Waals surface area contributed by atoms with Gasteiger partial charge in [-0.3, -0.25) is 9.78 Å². The van der Waals surface area contributed by atoms with Gasteiger partial charge in [-0.1, -0.05) is 18.2 Å². The van der Waals surface area contributed by atoms with Gasteiger partial charge in [0, 0.05) is 23.3 Å². The van der Waals surface area contributed by atoms with Crippen molar-refractivity contribution in [1.29, 1.82) is 0 Å². The lowest BCUT2D eigenvalue weighted by molar-refractivity contribution is 0.100. The SMILES string of the molecule is NC(=O)c1cnc2cc(F)ccc2c1Nc1ccccc1. The predicted octanol–water partition coefficient (Wildman–Crippen LogP) is 3.22. The van der Waals surface area contributed by atoms with Crippen molar-refractivity contribution in [2.24, 2.45) is 5.73 Å². The van der Waals surface area contributed by atoms with Gasteiger partial charge >= 0.3 is 0 Å². The van der Waals surface area contributed by atoms with Crippen LogP contribution in [0.15, 0.2) is 54.7 Å². The van der Waals surface area contributed by atoms with E-state index >= 15 is 0 Å². The number of nitrogens with two attached hydrogens (primary N) is 1. The fourth-order valence-electron chi connectivity index (χ4n) is 2.15. The highest BCUT2D eigenvalue weighted by Crippen LogP contribution is 2.29. The molecule has 0 radical (unpaired) electrons. The smallest absolute Gasteiger partial charge is 0.252 e. The summed E-state index contributed by atoms with van der Waals surface area (Å²) in [4.78, 5) is 15.7. The number of nitrogens with one attached hydrogen (secondary N) is 1. The highest BCUT2D eigenvalue weighted by atomic mass is 19.1. The van der Waals surface area contributed by atoms with Crippen LogP contribution in [0.1, 0.15) is 10.4 Å². The Hall–Kier alpha value is -2.95. The Labute approximate surface area is 120 Å². The molecule has 3 rings (SSSR count). The molecular formula is C16H12FN3O. The molecule has 5 heteroatoms. The van der Waals surface area contributed by atoms with Gasteiger partial charge in [0.25, 0.3) is 5.91 Å². The van der Waals surface area contributed by atoms with Crippen LogP contribution in [-0.2, 0) is 0 Å². The number of halogens is 1. The maximum atomic E-state index is 13.3. The van der Waals surface area contributed by atoms with Gasteiger partial charge in [0.1, 0.15) is 5.82 Å². The molecule has 0 aliphatic rings. The Morgan fingerprint density at radius 2 is 1.90 bits per heavy atom. The van der Waals surface area contributed by atoms with Crippen LogP contribution < -0.4 is 11.1 Å². The summed E-state index contributed by atoms with van der Waals surface area (Å²) in [7, 11) is 0. The van der Waals surface area contributed by atoms with Crippen molar-refractivity contribution in [3.63, 3.8) is 0 Å². The zero-order valence-corrected chi connectivity index (χ0v) is 11.0. The van der Waals surface area contributed by atoms with Gasteiger partial charge in [0.15, 0.2) is 0 Å². The van der Waals surface area contributed by atoms with E-state index in [0.29, 0.717) is 16.6 Å². The van der Waals surface area contributed by atoms with Crippen LogP contribution in [0.5, 0.6) is 0 Å². The number of anilines is 2. The molecule has 0 unspecified atom stereocenters. The number of rotatable bonds is 3. The minimum atomic E-state index is -0.591. The average molecular weight is 281 g/mol. The van der Waals surface area contributed by atoms with E-state index in [1.54, 1.807) is 6.07 Å². The van der Waals surface area contributed by atoms with Crippen LogP contribution in [0.25, 0.3) is 10.9 Å². The van der Waals surface area contributed by atoms with E-state index in [2.05, 4.69) is 10.3 Å². The molecule has 104 valence electrons. The molecule has 21 heavy (non-hydrogen) atoms. The number of pyridine rings is 1. The number of aromatic nitrogens is 1. The zero-order valence-electron chi connectivity index (χ0n) is 11.0. The lowest BCUT2D eigenvalue weighted by Crippen LogP contribution is -2.14. The Kier molecular flexibility index (Phi) is 3.23. The number of para-hydroxylation sites is 1. The molecule has 0 aliphatic heterocycles. The number of carbonyl (C=O) groups is 1. The fourth-order valence-corrected chi connectivity index (χ4v) is 2.15. The summed E-state index contributed by atoms with van der Waals surface area (Å²) < 4.78 is 13.3. The Morgan fingerprint density at radius 3 is 2.62 bits per heavy atom. The van der Waals surface area contributed by atoms with Crippen molar-refractivity contribution in [2.45, 2.75) is 0 Å². The summed E-state index contributed by atoms with van der Waals surface area (Å²) in [5.74, 6) is -0.973. The Morgan fingerprint density at radius 1 is 1.14 bits per heavy atom. The third-order valence-corrected chi connectivity index (χ3v) is 3.14. The van der Waals surface area contributed by atoms with Crippen LogP contribution in [-0.4, -0.2) is 10.9 Å². The molecule has 3 N–H and O–H groups in total. The first-order valence-electron chi connectivity index (χ1n) is 6.35. The summed E-state index contributed by atoms with van der Waals surface area (Å²) in [6, 6.07) is 13.6. The van der Waals surface area contributed by atoms with Crippen LogP contribution in [0.2, 0.25) is 0 Å². The van der Waals surface area contributed by atoms with Gasteiger partial charge in [-0.05, 0) is 24.3 Å². The standard InChI is InChI=1S/C16H12FN3O/c17-10-6-7-12-14(8-10)19-9-13(16(18)21)15(12)20-11-4-2-1-3-5-11/h1-9H,(H2,18,21)(H,19,20). The maximum Gasteiger partial charge on any atom is 0.252 e. The topological polar surface area (TPSA) is 68.0 Å². The number of amides is 1. The molecule has 0 saturated carbocycles. The van der Waals surface area contributed by atoms with Gasteiger partial charge < -0.3 is 11.1 Å². The number of hydrogen-bond acceptors (Lipinski definition) is 3. The molecule has 0 atom stereocenters. The quantitative estimate of drug-likeness (QED) is 0.774. The molecule has 4 nitrogen and oxygen atoms in total. The summed E-state index contributed by atoms with van der Waals surface area (Å²) in [5.41, 5.74) is 7.44. The first-order chi connectivity index (χ1) is 10.1. The van der Waals surface area contributed by atoms with E-state index in [0.717, 1.165) is 5.69 Å². The highest BCUT2D eigenvalue weighted by molar-refractivity contribution is 6.07. The van der Waals surface area contributed by atoms with Crippen molar-refractivity contribution in [3.05, 3.63) is 66.1 Å². The highest BCUT2D eigenvalue weighted by Gasteiger charge is 2.13. The number of benzene rings is 2. The summed E-state index contributed by atoms with van der Waals surface area (Å²) in [6.07, 6.45) is 1.36. The lowest BCUT2D eigenvalue weighted by atomic mass is 10.1. The summed E-state index contributed by atoms with van der Waals surface area (Å²) in [5, 5.41) is 3.79. The largest absolute Gasteiger partial charge is 0.365 e. The van der Waals surface area contributed by atoms with Crippen molar-refractivity contribution in [3.8, 4) is 0 Å². The van der Waals surface area contributed by atoms with Gasteiger partial charge in [0.2, 0.25) is 0 Å². The maximum absolute atomic E-state index is 13.3. The van der Waals surface area contributed by atoms with Gasteiger partial charge in [-0.25, -0.2) is 4.39 Å². The first-order valence-corrected chi connectivity index (χ1v) is 6.35. The first kappa shape index (κ1) is 13.1. The minimum Gasteiger partial charge on any atom is -0.365 e. The second-order valence-corrected chi connectivity index (χ2v) is 4.56. The van der Waals surface area contributed by atoms with E-state index < -0.39 is 5.91 Å². The lowest BCUT2D eigenvalue weighted by Gasteiger charge is -2.13. The molecule has 0 spiro atoms. The van der Waals surface area contributed by atoms with E-state index in [9.17, 15) is 9.18 Å². The normalized spacial score (nSPS) is 10.5. The molecular weight excluding hydrogens is 269 g/mol. The summed E-state index contributed by atoms with van der Waals surface area (Å²) >= 11 is 0. The second kappa shape index (κ2) is 5.20. The molecule has 0 bridgehead atoms. The van der Waals surface area contributed by atoms with E-state index in [1.807, 2.05) is 30.3 Å². The Balaban J connectivity index is 2.21. The van der Waals surface area contributed by atoms with Crippen LogP contribution in [0.3, 0.4) is 0 Å². The van der Waals surface area contributed by atoms with Crippen molar-refractivity contribution in [2.75, 3.05) is 5.32 Å². The molecule has 1 heterocycles. The van der Waals surface area contributed by atoms with Crippen molar-refractivity contribution >= 4 is 28.2 Å². The van der Waals surface area contributed by atoms with Crippen LogP contribution in [0.4, 0.5) is 15.8 Å². The van der Waals surface area contributed by atoms with Crippen LogP contribution in [0, 0.1) is 5.82 Å². The predicted molar refractivity (Wildman–Crippen MR) is 79.9 cm³/mol. The van der Waals surface area contributed by atoms with Gasteiger partial charge in [0.05, 0.1) is 16.8 Å². The summed E-state index contributed by atoms with van der Waals surface area (Å²) in [6.45, 7) is 0. The van der Waals surface area contributed by atoms with E-state index in [4.69, 9.17) is 5.73 Å². The van der Waals surface area contributed by atoms with Gasteiger partial charge in [-0.2, -0.15) is 0 Å². The monoisotopic (exact) mass is 281 g/mol. The second-order valence-electron chi connectivity index (χ2n) is 4.56. The molecule has 1 amide bonds. The molecule has 3 aromatic rings. The molecule has 2 aromatic carbocycles. The number of primary amides is 1. The molecule has 0 fully saturated rings. The third-order valence-electron chi connectivity index (χ3n) is 3.14. The number of fused-ring (bicyclic) bond motifs is 1. The minimum absolute atomic E-state index is 0.262. The van der Waals surface area contributed by atoms with Gasteiger partial charge in [-0.15, -0.1) is 0 Å². The van der Waals surface area contributed by atoms with Crippen molar-refractivity contribution in [1.82, 2.24) is 4.98 Å². The average Bonchev–Trinajstić information content (AvgIpc) is 2.48. The van der Waals surface area contributed by atoms with Crippen LogP contribution >= 0.6 is 0 Å². The molecule has 0 saturated heterocycles. The number of hydrogen-bond donors (Lipinski definition) is 2. The van der Waals surface area contributed by atoms with Crippen molar-refractivity contribution < 1.29 is 9.18 Å².